The van der Waals surface area contributed by atoms with Crippen LogP contribution in [-0.2, 0) is 21.4 Å². The average molecular weight is 394 g/mol. The summed E-state index contributed by atoms with van der Waals surface area (Å²) in [6, 6.07) is 12.7. The molecule has 0 aliphatic heterocycles. The van der Waals surface area contributed by atoms with Crippen LogP contribution >= 0.6 is 0 Å². The lowest BCUT2D eigenvalue weighted by Crippen LogP contribution is -2.40. The van der Waals surface area contributed by atoms with Gasteiger partial charge in [-0.2, -0.15) is 4.31 Å². The zero-order valence-electron chi connectivity index (χ0n) is 15.5. The summed E-state index contributed by atoms with van der Waals surface area (Å²) in [6.45, 7) is 1.14. The minimum Gasteiger partial charge on any atom is -0.496 e. The number of nitrogens with one attached hydrogen (secondary N) is 1. The van der Waals surface area contributed by atoms with Crippen LogP contribution in [0.5, 0.6) is 5.75 Å². The molecule has 1 N–H and O–H groups in total. The van der Waals surface area contributed by atoms with Crippen LogP contribution < -0.4 is 10.1 Å². The summed E-state index contributed by atoms with van der Waals surface area (Å²) >= 11 is 0. The number of carbonyl (C=O) groups is 1. The van der Waals surface area contributed by atoms with Crippen LogP contribution in [0.25, 0.3) is 0 Å². The van der Waals surface area contributed by atoms with Gasteiger partial charge in [-0.05, 0) is 19.1 Å². The van der Waals surface area contributed by atoms with Gasteiger partial charge in [0.05, 0.1) is 26.0 Å². The molecule has 146 valence electrons. The molecule has 0 radical (unpaired) electrons. The lowest BCUT2D eigenvalue weighted by molar-refractivity contribution is -0.122. The molecule has 0 aliphatic rings. The molecule has 0 spiro atoms. The highest BCUT2D eigenvalue weighted by atomic mass is 32.2. The lowest BCUT2D eigenvalue weighted by atomic mass is 10.1. The Kier molecular flexibility index (Phi) is 6.92. The number of carbonyl (C=O) groups excluding carboxylic acids is 1. The normalized spacial score (nSPS) is 12.6. The Morgan fingerprint density at radius 1 is 1.19 bits per heavy atom. The first kappa shape index (κ1) is 20.9. The molecule has 2 aromatic carbocycles. The minimum absolute atomic E-state index is 0.202. The summed E-state index contributed by atoms with van der Waals surface area (Å²) in [6.07, 6.45) is 0.991. The number of rotatable bonds is 8. The van der Waals surface area contributed by atoms with Gasteiger partial charge in [0, 0.05) is 17.7 Å². The van der Waals surface area contributed by atoms with Gasteiger partial charge in [-0.25, -0.2) is 12.8 Å². The number of amides is 1. The van der Waals surface area contributed by atoms with E-state index in [-0.39, 0.29) is 18.2 Å². The predicted octanol–water partition coefficient (Wildman–Crippen LogP) is 2.47. The Labute approximate surface area is 159 Å². The Bertz CT molecular complexity index is 902. The van der Waals surface area contributed by atoms with E-state index >= 15 is 0 Å². The standard InChI is InChI=1S/C19H23FN2O4S/c1-14(16-9-5-7-11-18(16)26-2)21-19(23)13-22(27(3,24)25)12-15-8-4-6-10-17(15)20/h4-11,14H,12-13H2,1-3H3,(H,21,23)/t14-/m1/s1. The quantitative estimate of drug-likeness (QED) is 0.746. The van der Waals surface area contributed by atoms with E-state index in [1.54, 1.807) is 19.1 Å². The van der Waals surface area contributed by atoms with Gasteiger partial charge in [0.2, 0.25) is 15.9 Å². The second kappa shape index (κ2) is 8.96. The summed E-state index contributed by atoms with van der Waals surface area (Å²) in [7, 11) is -2.17. The van der Waals surface area contributed by atoms with Gasteiger partial charge in [-0.3, -0.25) is 4.79 Å². The molecule has 1 amide bonds. The lowest BCUT2D eigenvalue weighted by Gasteiger charge is -2.22. The summed E-state index contributed by atoms with van der Waals surface area (Å²) in [5.74, 6) is -0.388. The van der Waals surface area contributed by atoms with Crippen molar-refractivity contribution in [2.45, 2.75) is 19.5 Å². The molecule has 0 unspecified atom stereocenters. The molecule has 0 fully saturated rings. The smallest absolute Gasteiger partial charge is 0.235 e. The number of hydrogen-bond donors (Lipinski definition) is 1. The first-order chi connectivity index (χ1) is 12.7. The molecule has 8 heteroatoms. The molecule has 0 saturated heterocycles. The van der Waals surface area contributed by atoms with Crippen molar-refractivity contribution < 1.29 is 22.3 Å². The van der Waals surface area contributed by atoms with Crippen LogP contribution in [0.15, 0.2) is 48.5 Å². The molecule has 27 heavy (non-hydrogen) atoms. The number of benzene rings is 2. The molecule has 0 heterocycles. The maximum absolute atomic E-state index is 13.9. The van der Waals surface area contributed by atoms with Crippen molar-refractivity contribution >= 4 is 15.9 Å². The molecule has 0 saturated carbocycles. The van der Waals surface area contributed by atoms with Crippen molar-refractivity contribution in [2.75, 3.05) is 19.9 Å². The Morgan fingerprint density at radius 3 is 2.44 bits per heavy atom. The molecule has 0 aliphatic carbocycles. The summed E-state index contributed by atoms with van der Waals surface area (Å²) in [5.41, 5.74) is 0.974. The molecule has 6 nitrogen and oxygen atoms in total. The molecular formula is C19H23FN2O4S. The minimum atomic E-state index is -3.71. The van der Waals surface area contributed by atoms with Crippen molar-refractivity contribution in [3.8, 4) is 5.75 Å². The summed E-state index contributed by atoms with van der Waals surface area (Å²) < 4.78 is 44.2. The van der Waals surface area contributed by atoms with E-state index in [0.717, 1.165) is 16.1 Å². The first-order valence-corrected chi connectivity index (χ1v) is 10.2. The van der Waals surface area contributed by atoms with Crippen molar-refractivity contribution in [1.29, 1.82) is 0 Å². The average Bonchev–Trinajstić information content (AvgIpc) is 2.62. The zero-order valence-corrected chi connectivity index (χ0v) is 16.3. The van der Waals surface area contributed by atoms with Gasteiger partial charge in [0.25, 0.3) is 0 Å². The Morgan fingerprint density at radius 2 is 1.81 bits per heavy atom. The topological polar surface area (TPSA) is 75.7 Å². The third-order valence-electron chi connectivity index (χ3n) is 4.08. The number of methoxy groups -OCH3 is 1. The van der Waals surface area contributed by atoms with Gasteiger partial charge in [-0.1, -0.05) is 36.4 Å². The van der Waals surface area contributed by atoms with Gasteiger partial charge in [-0.15, -0.1) is 0 Å². The molecule has 0 bridgehead atoms. The maximum Gasteiger partial charge on any atom is 0.235 e. The Balaban J connectivity index is 2.11. The van der Waals surface area contributed by atoms with E-state index in [0.29, 0.717) is 5.75 Å². The van der Waals surface area contributed by atoms with Gasteiger partial charge >= 0.3 is 0 Å². The fraction of sp³-hybridized carbons (Fsp3) is 0.316. The van der Waals surface area contributed by atoms with Crippen LogP contribution in [0.2, 0.25) is 0 Å². The van der Waals surface area contributed by atoms with Gasteiger partial charge < -0.3 is 10.1 Å². The predicted molar refractivity (Wildman–Crippen MR) is 101 cm³/mol. The maximum atomic E-state index is 13.9. The van der Waals surface area contributed by atoms with E-state index < -0.39 is 28.3 Å². The van der Waals surface area contributed by atoms with Gasteiger partial charge in [0.1, 0.15) is 11.6 Å². The zero-order chi connectivity index (χ0) is 20.0. The summed E-state index contributed by atoms with van der Waals surface area (Å²) in [4.78, 5) is 12.4. The fourth-order valence-electron chi connectivity index (χ4n) is 2.66. The second-order valence-electron chi connectivity index (χ2n) is 6.15. The number of nitrogens with zero attached hydrogens (tertiary/aromatic N) is 1. The van der Waals surface area contributed by atoms with E-state index in [1.807, 2.05) is 18.2 Å². The van der Waals surface area contributed by atoms with E-state index in [1.165, 1.54) is 25.3 Å². The monoisotopic (exact) mass is 394 g/mol. The van der Waals surface area contributed by atoms with Crippen LogP contribution in [0.1, 0.15) is 24.1 Å². The van der Waals surface area contributed by atoms with Crippen LogP contribution in [-0.4, -0.2) is 38.5 Å². The van der Waals surface area contributed by atoms with Gasteiger partial charge in [0.15, 0.2) is 0 Å². The SMILES string of the molecule is COc1ccccc1[C@@H](C)NC(=O)CN(Cc1ccccc1F)S(C)(=O)=O. The van der Waals surface area contributed by atoms with Crippen LogP contribution in [0.3, 0.4) is 0 Å². The molecule has 1 atom stereocenters. The van der Waals surface area contributed by atoms with E-state index in [4.69, 9.17) is 4.74 Å². The van der Waals surface area contributed by atoms with Crippen LogP contribution in [0.4, 0.5) is 4.39 Å². The highest BCUT2D eigenvalue weighted by Gasteiger charge is 2.23. The molecular weight excluding hydrogens is 371 g/mol. The number of para-hydroxylation sites is 1. The second-order valence-corrected chi connectivity index (χ2v) is 8.14. The molecule has 0 aromatic heterocycles. The molecule has 2 rings (SSSR count). The van der Waals surface area contributed by atoms with Crippen molar-refractivity contribution in [1.82, 2.24) is 9.62 Å². The van der Waals surface area contributed by atoms with Crippen LogP contribution in [0, 0.1) is 5.82 Å². The third kappa shape index (κ3) is 5.77. The van der Waals surface area contributed by atoms with Crippen molar-refractivity contribution in [3.63, 3.8) is 0 Å². The van der Waals surface area contributed by atoms with Crippen molar-refractivity contribution in [3.05, 3.63) is 65.5 Å². The van der Waals surface area contributed by atoms with E-state index in [2.05, 4.69) is 5.32 Å². The summed E-state index contributed by atoms with van der Waals surface area (Å²) in [5, 5.41) is 2.76. The highest BCUT2D eigenvalue weighted by Crippen LogP contribution is 2.24. The first-order valence-electron chi connectivity index (χ1n) is 8.33. The highest BCUT2D eigenvalue weighted by molar-refractivity contribution is 7.88. The number of hydrogen-bond acceptors (Lipinski definition) is 4. The number of sulfonamides is 1. The Hall–Kier alpha value is -2.45. The van der Waals surface area contributed by atoms with E-state index in [9.17, 15) is 17.6 Å². The van der Waals surface area contributed by atoms with Crippen molar-refractivity contribution in [2.24, 2.45) is 0 Å². The largest absolute Gasteiger partial charge is 0.496 e. The number of ether oxygens (including phenoxy) is 1. The fourth-order valence-corrected chi connectivity index (χ4v) is 3.38. The molecule has 2 aromatic rings. The number of halogens is 1. The third-order valence-corrected chi connectivity index (χ3v) is 5.27.